The lowest BCUT2D eigenvalue weighted by atomic mass is 9.76. The zero-order valence-electron chi connectivity index (χ0n) is 13.7. The monoisotopic (exact) mass is 295 g/mol. The van der Waals surface area contributed by atoms with E-state index >= 15 is 0 Å². The summed E-state index contributed by atoms with van der Waals surface area (Å²) in [4.78, 5) is 27.1. The molecule has 1 heterocycles. The Morgan fingerprint density at radius 2 is 1.86 bits per heavy atom. The molecule has 4 nitrogen and oxygen atoms in total. The van der Waals surface area contributed by atoms with Crippen molar-refractivity contribution in [3.63, 3.8) is 0 Å². The first-order valence-corrected chi connectivity index (χ1v) is 8.39. The Morgan fingerprint density at radius 3 is 2.43 bits per heavy atom. The number of hydrogen-bond acceptors (Lipinski definition) is 3. The van der Waals surface area contributed by atoms with E-state index in [4.69, 9.17) is 4.74 Å². The Balaban J connectivity index is 2.19. The van der Waals surface area contributed by atoms with Crippen LogP contribution >= 0.6 is 0 Å². The molecule has 1 saturated carbocycles. The van der Waals surface area contributed by atoms with E-state index in [0.717, 1.165) is 51.4 Å². The van der Waals surface area contributed by atoms with Crippen LogP contribution < -0.4 is 0 Å². The van der Waals surface area contributed by atoms with Gasteiger partial charge in [-0.05, 0) is 44.4 Å². The standard InChI is InChI=1S/C17H29NO3/c1-13(2)12-17(9-5-6-10-17)16(20)18-11-7-4-8-14(18)15(19)21-3/h13-14H,4-12H2,1-3H3. The van der Waals surface area contributed by atoms with Crippen LogP contribution in [0.5, 0.6) is 0 Å². The molecular weight excluding hydrogens is 266 g/mol. The highest BCUT2D eigenvalue weighted by Gasteiger charge is 2.46. The van der Waals surface area contributed by atoms with Gasteiger partial charge in [0.25, 0.3) is 0 Å². The molecular formula is C17H29NO3. The zero-order valence-corrected chi connectivity index (χ0v) is 13.7. The van der Waals surface area contributed by atoms with Crippen molar-refractivity contribution in [2.24, 2.45) is 11.3 Å². The van der Waals surface area contributed by atoms with E-state index < -0.39 is 0 Å². The number of carbonyl (C=O) groups is 2. The lowest BCUT2D eigenvalue weighted by molar-refractivity contribution is -0.159. The summed E-state index contributed by atoms with van der Waals surface area (Å²) in [5.41, 5.74) is -0.224. The van der Waals surface area contributed by atoms with Gasteiger partial charge in [0.05, 0.1) is 7.11 Å². The van der Waals surface area contributed by atoms with E-state index in [9.17, 15) is 9.59 Å². The van der Waals surface area contributed by atoms with Crippen molar-refractivity contribution in [1.29, 1.82) is 0 Å². The molecule has 0 aromatic heterocycles. The second-order valence-corrected chi connectivity index (χ2v) is 7.12. The summed E-state index contributed by atoms with van der Waals surface area (Å²) < 4.78 is 4.91. The molecule has 0 aromatic rings. The van der Waals surface area contributed by atoms with Crippen LogP contribution in [-0.2, 0) is 14.3 Å². The molecule has 120 valence electrons. The van der Waals surface area contributed by atoms with Crippen molar-refractivity contribution in [2.45, 2.75) is 71.3 Å². The average Bonchev–Trinajstić information content (AvgIpc) is 2.94. The van der Waals surface area contributed by atoms with Crippen LogP contribution in [0.15, 0.2) is 0 Å². The Hall–Kier alpha value is -1.06. The normalized spacial score (nSPS) is 25.1. The number of amides is 1. The largest absolute Gasteiger partial charge is 0.467 e. The van der Waals surface area contributed by atoms with Crippen LogP contribution in [0.3, 0.4) is 0 Å². The molecule has 0 N–H and O–H groups in total. The van der Waals surface area contributed by atoms with Gasteiger partial charge in [-0.2, -0.15) is 0 Å². The quantitative estimate of drug-likeness (QED) is 0.749. The number of likely N-dealkylation sites (tertiary alicyclic amines) is 1. The average molecular weight is 295 g/mol. The van der Waals surface area contributed by atoms with Gasteiger partial charge < -0.3 is 9.64 Å². The molecule has 0 bridgehead atoms. The summed E-state index contributed by atoms with van der Waals surface area (Å²) in [5.74, 6) is 0.470. The second kappa shape index (κ2) is 6.80. The van der Waals surface area contributed by atoms with Gasteiger partial charge >= 0.3 is 5.97 Å². The predicted octanol–water partition coefficient (Wildman–Crippen LogP) is 3.15. The summed E-state index contributed by atoms with van der Waals surface area (Å²) in [6.07, 6.45) is 7.91. The first-order chi connectivity index (χ1) is 10.00. The van der Waals surface area contributed by atoms with Crippen LogP contribution in [0.2, 0.25) is 0 Å². The van der Waals surface area contributed by atoms with Crippen molar-refractivity contribution in [3.05, 3.63) is 0 Å². The van der Waals surface area contributed by atoms with E-state index in [-0.39, 0.29) is 23.3 Å². The van der Waals surface area contributed by atoms with Crippen molar-refractivity contribution < 1.29 is 14.3 Å². The SMILES string of the molecule is COC(=O)C1CCCCN1C(=O)C1(CC(C)C)CCCC1. The van der Waals surface area contributed by atoms with Gasteiger partial charge in [-0.3, -0.25) is 4.79 Å². The Labute approximate surface area is 128 Å². The van der Waals surface area contributed by atoms with Crippen LogP contribution in [0.25, 0.3) is 0 Å². The van der Waals surface area contributed by atoms with Crippen LogP contribution in [0, 0.1) is 11.3 Å². The molecule has 1 saturated heterocycles. The molecule has 2 fully saturated rings. The summed E-state index contributed by atoms with van der Waals surface area (Å²) >= 11 is 0. The van der Waals surface area contributed by atoms with Crippen LogP contribution in [0.4, 0.5) is 0 Å². The number of carbonyl (C=O) groups excluding carboxylic acids is 2. The van der Waals surface area contributed by atoms with Gasteiger partial charge in [-0.25, -0.2) is 4.79 Å². The molecule has 21 heavy (non-hydrogen) atoms. The van der Waals surface area contributed by atoms with Gasteiger partial charge in [0.15, 0.2) is 0 Å². The Bertz CT molecular complexity index is 385. The molecule has 1 amide bonds. The lowest BCUT2D eigenvalue weighted by Gasteiger charge is -2.40. The summed E-state index contributed by atoms with van der Waals surface area (Å²) in [6, 6.07) is -0.360. The highest BCUT2D eigenvalue weighted by molar-refractivity contribution is 5.88. The molecule has 1 unspecified atom stereocenters. The number of piperidine rings is 1. The van der Waals surface area contributed by atoms with E-state index in [1.165, 1.54) is 7.11 Å². The van der Waals surface area contributed by atoms with Gasteiger partial charge in [-0.15, -0.1) is 0 Å². The van der Waals surface area contributed by atoms with E-state index in [1.54, 1.807) is 0 Å². The molecule has 0 aromatic carbocycles. The highest BCUT2D eigenvalue weighted by Crippen LogP contribution is 2.45. The van der Waals surface area contributed by atoms with Crippen molar-refractivity contribution in [2.75, 3.05) is 13.7 Å². The molecule has 1 aliphatic carbocycles. The van der Waals surface area contributed by atoms with Gasteiger partial charge in [0.2, 0.25) is 5.91 Å². The molecule has 1 atom stereocenters. The number of nitrogens with zero attached hydrogens (tertiary/aromatic N) is 1. The van der Waals surface area contributed by atoms with Gasteiger partial charge in [-0.1, -0.05) is 26.7 Å². The summed E-state index contributed by atoms with van der Waals surface area (Å²) in [7, 11) is 1.42. The molecule has 0 spiro atoms. The summed E-state index contributed by atoms with van der Waals surface area (Å²) in [6.45, 7) is 5.07. The van der Waals surface area contributed by atoms with Gasteiger partial charge in [0, 0.05) is 12.0 Å². The van der Waals surface area contributed by atoms with Crippen molar-refractivity contribution >= 4 is 11.9 Å². The molecule has 0 radical (unpaired) electrons. The lowest BCUT2D eigenvalue weighted by Crippen LogP contribution is -2.53. The third-order valence-electron chi connectivity index (χ3n) is 5.05. The van der Waals surface area contributed by atoms with Crippen LogP contribution in [0.1, 0.15) is 65.2 Å². The fraction of sp³-hybridized carbons (Fsp3) is 0.882. The van der Waals surface area contributed by atoms with Gasteiger partial charge in [0.1, 0.15) is 6.04 Å². The first kappa shape index (κ1) is 16.3. The number of methoxy groups -OCH3 is 1. The maximum absolute atomic E-state index is 13.2. The smallest absolute Gasteiger partial charge is 0.328 e. The number of rotatable bonds is 4. The third kappa shape index (κ3) is 3.41. The Kier molecular flexibility index (Phi) is 5.28. The third-order valence-corrected chi connectivity index (χ3v) is 5.05. The zero-order chi connectivity index (χ0) is 15.5. The van der Waals surface area contributed by atoms with E-state index in [1.807, 2.05) is 4.90 Å². The topological polar surface area (TPSA) is 46.6 Å². The maximum atomic E-state index is 13.2. The van der Waals surface area contributed by atoms with Crippen molar-refractivity contribution in [1.82, 2.24) is 4.90 Å². The minimum Gasteiger partial charge on any atom is -0.467 e. The summed E-state index contributed by atoms with van der Waals surface area (Å²) in [5, 5.41) is 0. The minimum absolute atomic E-state index is 0.212. The Morgan fingerprint density at radius 1 is 1.19 bits per heavy atom. The number of hydrogen-bond donors (Lipinski definition) is 0. The van der Waals surface area contributed by atoms with Crippen molar-refractivity contribution in [3.8, 4) is 0 Å². The minimum atomic E-state index is -0.360. The number of esters is 1. The second-order valence-electron chi connectivity index (χ2n) is 7.12. The highest BCUT2D eigenvalue weighted by atomic mass is 16.5. The molecule has 2 rings (SSSR count). The molecule has 4 heteroatoms. The van der Waals surface area contributed by atoms with Crippen LogP contribution in [-0.4, -0.2) is 36.5 Å². The molecule has 2 aliphatic rings. The first-order valence-electron chi connectivity index (χ1n) is 8.39. The molecule has 1 aliphatic heterocycles. The number of ether oxygens (including phenoxy) is 1. The predicted molar refractivity (Wildman–Crippen MR) is 81.7 cm³/mol. The fourth-order valence-electron chi connectivity index (χ4n) is 4.20. The maximum Gasteiger partial charge on any atom is 0.328 e. The fourth-order valence-corrected chi connectivity index (χ4v) is 4.20. The van der Waals surface area contributed by atoms with E-state index in [2.05, 4.69) is 13.8 Å². The van der Waals surface area contributed by atoms with E-state index in [0.29, 0.717) is 12.5 Å².